The Hall–Kier alpha value is -2.65. The van der Waals surface area contributed by atoms with Crippen molar-refractivity contribution >= 4 is 21.4 Å². The molecule has 0 amide bonds. The van der Waals surface area contributed by atoms with Crippen LogP contribution < -0.4 is 10.1 Å². The molecule has 3 rings (SSSR count). The van der Waals surface area contributed by atoms with Crippen molar-refractivity contribution in [3.05, 3.63) is 58.1 Å². The van der Waals surface area contributed by atoms with E-state index in [0.717, 1.165) is 24.5 Å². The second-order valence-electron chi connectivity index (χ2n) is 6.25. The quantitative estimate of drug-likeness (QED) is 0.575. The zero-order chi connectivity index (χ0) is 19.4. The highest BCUT2D eigenvalue weighted by molar-refractivity contribution is 7.89. The number of hydrogen-bond donors (Lipinski definition) is 1. The summed E-state index contributed by atoms with van der Waals surface area (Å²) in [5.41, 5.74) is 0.993. The van der Waals surface area contributed by atoms with Crippen LogP contribution in [0.15, 0.2) is 47.4 Å². The zero-order valence-corrected chi connectivity index (χ0v) is 15.7. The molecule has 1 N–H and O–H groups in total. The number of non-ortho nitro benzene ring substituents is 1. The lowest BCUT2D eigenvalue weighted by Gasteiger charge is -2.19. The summed E-state index contributed by atoms with van der Waals surface area (Å²) in [5, 5.41) is 14.2. The predicted molar refractivity (Wildman–Crippen MR) is 101 cm³/mol. The van der Waals surface area contributed by atoms with Gasteiger partial charge in [0.05, 0.1) is 17.7 Å². The van der Waals surface area contributed by atoms with Crippen LogP contribution in [-0.2, 0) is 16.6 Å². The molecule has 8 nitrogen and oxygen atoms in total. The van der Waals surface area contributed by atoms with Gasteiger partial charge in [-0.3, -0.25) is 10.1 Å². The van der Waals surface area contributed by atoms with Crippen molar-refractivity contribution < 1.29 is 18.1 Å². The fraction of sp³-hybridized carbons (Fsp3) is 0.333. The lowest BCUT2D eigenvalue weighted by molar-refractivity contribution is -0.385. The minimum absolute atomic E-state index is 0.0681. The van der Waals surface area contributed by atoms with Gasteiger partial charge in [-0.1, -0.05) is 12.1 Å². The maximum Gasteiger partial charge on any atom is 0.270 e. The van der Waals surface area contributed by atoms with Crippen LogP contribution in [0.3, 0.4) is 0 Å². The van der Waals surface area contributed by atoms with Crippen LogP contribution in [0.4, 0.5) is 11.4 Å². The molecule has 0 saturated carbocycles. The van der Waals surface area contributed by atoms with E-state index < -0.39 is 14.9 Å². The first-order valence-corrected chi connectivity index (χ1v) is 10.0. The lowest BCUT2D eigenvalue weighted by atomic mass is 10.2. The molecule has 9 heteroatoms. The van der Waals surface area contributed by atoms with Gasteiger partial charge in [0.1, 0.15) is 10.6 Å². The summed E-state index contributed by atoms with van der Waals surface area (Å²) >= 11 is 0. The average molecular weight is 391 g/mol. The van der Waals surface area contributed by atoms with Gasteiger partial charge in [-0.25, -0.2) is 8.42 Å². The molecule has 0 aliphatic carbocycles. The molecule has 0 radical (unpaired) electrons. The third-order valence-corrected chi connectivity index (χ3v) is 6.41. The fourth-order valence-corrected chi connectivity index (χ4v) is 4.74. The second-order valence-corrected chi connectivity index (χ2v) is 8.16. The summed E-state index contributed by atoms with van der Waals surface area (Å²) in [6.45, 7) is 1.22. The molecule has 0 spiro atoms. The number of ether oxygens (including phenoxy) is 1. The van der Waals surface area contributed by atoms with Crippen molar-refractivity contribution in [1.82, 2.24) is 4.31 Å². The highest BCUT2D eigenvalue weighted by atomic mass is 32.2. The van der Waals surface area contributed by atoms with Crippen molar-refractivity contribution in [2.45, 2.75) is 24.3 Å². The molecule has 1 saturated heterocycles. The summed E-state index contributed by atoms with van der Waals surface area (Å²) in [4.78, 5) is 10.5. The van der Waals surface area contributed by atoms with Crippen molar-refractivity contribution in [1.29, 1.82) is 0 Å². The van der Waals surface area contributed by atoms with Crippen LogP contribution in [0, 0.1) is 10.1 Å². The van der Waals surface area contributed by atoms with Crippen LogP contribution in [0.5, 0.6) is 5.75 Å². The van der Waals surface area contributed by atoms with Gasteiger partial charge in [0, 0.05) is 31.8 Å². The second kappa shape index (κ2) is 7.93. The molecule has 1 fully saturated rings. The van der Waals surface area contributed by atoms with Gasteiger partial charge in [0.2, 0.25) is 10.0 Å². The maximum absolute atomic E-state index is 13.0. The highest BCUT2D eigenvalue weighted by Crippen LogP contribution is 2.31. The van der Waals surface area contributed by atoms with Crippen LogP contribution in [0.1, 0.15) is 18.4 Å². The summed E-state index contributed by atoms with van der Waals surface area (Å²) in [5.74, 6) is 0.697. The number of methoxy groups -OCH3 is 1. The molecule has 2 aromatic rings. The number of nitro benzene ring substituents is 1. The topological polar surface area (TPSA) is 102 Å². The van der Waals surface area contributed by atoms with Crippen LogP contribution in [0.25, 0.3) is 0 Å². The molecule has 144 valence electrons. The fourth-order valence-electron chi connectivity index (χ4n) is 3.03. The van der Waals surface area contributed by atoms with E-state index in [1.165, 1.54) is 16.4 Å². The number of hydrogen-bond acceptors (Lipinski definition) is 6. The molecule has 0 aromatic heterocycles. The molecule has 1 aliphatic heterocycles. The van der Waals surface area contributed by atoms with Gasteiger partial charge in [0.15, 0.2) is 0 Å². The number of nitro groups is 1. The molecule has 2 aromatic carbocycles. The number of anilines is 1. The smallest absolute Gasteiger partial charge is 0.270 e. The van der Waals surface area contributed by atoms with E-state index in [4.69, 9.17) is 4.74 Å². The van der Waals surface area contributed by atoms with Gasteiger partial charge >= 0.3 is 0 Å². The first kappa shape index (κ1) is 19.1. The van der Waals surface area contributed by atoms with Crippen molar-refractivity contribution in [3.63, 3.8) is 0 Å². The Morgan fingerprint density at radius 1 is 1.19 bits per heavy atom. The van der Waals surface area contributed by atoms with Gasteiger partial charge < -0.3 is 10.1 Å². The third-order valence-electron chi connectivity index (χ3n) is 4.48. The van der Waals surface area contributed by atoms with Crippen molar-refractivity contribution in [2.75, 3.05) is 25.5 Å². The summed E-state index contributed by atoms with van der Waals surface area (Å²) in [7, 11) is -2.23. The predicted octanol–water partition coefficient (Wildman–Crippen LogP) is 3.00. The first-order valence-electron chi connectivity index (χ1n) is 8.57. The van der Waals surface area contributed by atoms with Crippen LogP contribution in [0.2, 0.25) is 0 Å². The van der Waals surface area contributed by atoms with E-state index in [1.807, 2.05) is 24.3 Å². The van der Waals surface area contributed by atoms with E-state index in [-0.39, 0.29) is 10.6 Å². The summed E-state index contributed by atoms with van der Waals surface area (Å²) in [6.07, 6.45) is 1.58. The Morgan fingerprint density at radius 2 is 1.93 bits per heavy atom. The van der Waals surface area contributed by atoms with Crippen LogP contribution in [-0.4, -0.2) is 37.8 Å². The Kier molecular flexibility index (Phi) is 5.62. The van der Waals surface area contributed by atoms with E-state index in [2.05, 4.69) is 5.32 Å². The minimum Gasteiger partial charge on any atom is -0.497 e. The lowest BCUT2D eigenvalue weighted by Crippen LogP contribution is -2.28. The Labute approximate surface area is 158 Å². The van der Waals surface area contributed by atoms with E-state index in [1.54, 1.807) is 7.11 Å². The Morgan fingerprint density at radius 3 is 2.59 bits per heavy atom. The SMILES string of the molecule is COc1cccc(CNc2ccc([N+](=O)[O-])cc2S(=O)(=O)N2CCCC2)c1. The number of nitrogens with zero attached hydrogens (tertiary/aromatic N) is 2. The molecule has 1 heterocycles. The molecule has 1 aliphatic rings. The monoisotopic (exact) mass is 391 g/mol. The standard InChI is InChI=1S/C18H21N3O5S/c1-26-16-6-4-5-14(11-16)13-19-17-8-7-15(21(22)23)12-18(17)27(24,25)20-9-2-3-10-20/h4-8,11-12,19H,2-3,9-10,13H2,1H3. The average Bonchev–Trinajstić information content (AvgIpc) is 3.22. The number of sulfonamides is 1. The molecular formula is C18H21N3O5S. The molecule has 0 unspecified atom stereocenters. The van der Waals surface area contributed by atoms with Crippen molar-refractivity contribution in [3.8, 4) is 5.75 Å². The normalized spacial score (nSPS) is 14.9. The summed E-state index contributed by atoms with van der Waals surface area (Å²) < 4.78 is 32.5. The van der Waals surface area contributed by atoms with Gasteiger partial charge in [-0.05, 0) is 36.6 Å². The Balaban J connectivity index is 1.93. The molecule has 0 atom stereocenters. The third kappa shape index (κ3) is 4.20. The van der Waals surface area contributed by atoms with Gasteiger partial charge in [0.25, 0.3) is 5.69 Å². The highest BCUT2D eigenvalue weighted by Gasteiger charge is 2.30. The summed E-state index contributed by atoms with van der Waals surface area (Å²) in [6, 6.07) is 11.3. The molecule has 27 heavy (non-hydrogen) atoms. The molecular weight excluding hydrogens is 370 g/mol. The first-order chi connectivity index (χ1) is 12.9. The van der Waals surface area contributed by atoms with Gasteiger partial charge in [-0.2, -0.15) is 4.31 Å². The van der Waals surface area contributed by atoms with Crippen LogP contribution >= 0.6 is 0 Å². The number of rotatable bonds is 7. The van der Waals surface area contributed by atoms with E-state index in [9.17, 15) is 18.5 Å². The Bertz CT molecular complexity index is 940. The number of nitrogens with one attached hydrogen (secondary N) is 1. The largest absolute Gasteiger partial charge is 0.497 e. The van der Waals surface area contributed by atoms with Crippen molar-refractivity contribution in [2.24, 2.45) is 0 Å². The van der Waals surface area contributed by atoms with Gasteiger partial charge in [-0.15, -0.1) is 0 Å². The number of benzene rings is 2. The maximum atomic E-state index is 13.0. The molecule has 0 bridgehead atoms. The van der Waals surface area contributed by atoms with E-state index in [0.29, 0.717) is 31.1 Å². The minimum atomic E-state index is -3.80. The zero-order valence-electron chi connectivity index (χ0n) is 14.9. The van der Waals surface area contributed by atoms with E-state index >= 15 is 0 Å².